The Labute approximate surface area is 140 Å². The molecule has 24 heavy (non-hydrogen) atoms. The van der Waals surface area contributed by atoms with Crippen LogP contribution in [0.4, 0.5) is 5.82 Å². The molecule has 3 aromatic rings. The van der Waals surface area contributed by atoms with Gasteiger partial charge in [-0.15, -0.1) is 0 Å². The first kappa shape index (κ1) is 14.9. The number of nitrogens with zero attached hydrogens (tertiary/aromatic N) is 2. The summed E-state index contributed by atoms with van der Waals surface area (Å²) >= 11 is 0. The molecule has 0 saturated carbocycles. The van der Waals surface area contributed by atoms with Gasteiger partial charge in [0.25, 0.3) is 0 Å². The number of carbonyl (C=O) groups excluding carboxylic acids is 1. The van der Waals surface area contributed by atoms with E-state index in [2.05, 4.69) is 47.3 Å². The maximum Gasteiger partial charge on any atom is 0.226 e. The van der Waals surface area contributed by atoms with Crippen LogP contribution in [-0.2, 0) is 10.2 Å². The lowest BCUT2D eigenvalue weighted by Gasteiger charge is -2.27. The molecule has 0 radical (unpaired) electrons. The van der Waals surface area contributed by atoms with Crippen LogP contribution in [-0.4, -0.2) is 21.1 Å². The smallest absolute Gasteiger partial charge is 0.226 e. The van der Waals surface area contributed by atoms with E-state index >= 15 is 0 Å². The molecule has 1 amide bonds. The van der Waals surface area contributed by atoms with E-state index in [4.69, 9.17) is 0 Å². The maximum atomic E-state index is 12.2. The Balaban J connectivity index is 1.97. The third-order valence-electron chi connectivity index (χ3n) is 4.61. The minimum Gasteiger partial charge on any atom is -0.309 e. The molecule has 1 atom stereocenters. The number of anilines is 1. The average Bonchev–Trinajstić information content (AvgIpc) is 2.97. The summed E-state index contributed by atoms with van der Waals surface area (Å²) in [6.07, 6.45) is 2.24. The van der Waals surface area contributed by atoms with Gasteiger partial charge in [-0.1, -0.05) is 39.0 Å². The number of carbonyl (C=O) groups is 1. The van der Waals surface area contributed by atoms with Crippen LogP contribution in [0.25, 0.3) is 10.9 Å². The van der Waals surface area contributed by atoms with E-state index in [-0.39, 0.29) is 17.2 Å². The fourth-order valence-corrected chi connectivity index (χ4v) is 3.51. The maximum absolute atomic E-state index is 12.2. The number of para-hydroxylation sites is 1. The third-order valence-corrected chi connectivity index (χ3v) is 4.61. The van der Waals surface area contributed by atoms with Gasteiger partial charge < -0.3 is 5.32 Å². The van der Waals surface area contributed by atoms with Crippen LogP contribution in [0.15, 0.2) is 36.5 Å². The van der Waals surface area contributed by atoms with Crippen LogP contribution in [0, 0.1) is 0 Å². The van der Waals surface area contributed by atoms with Gasteiger partial charge in [0.15, 0.2) is 5.82 Å². The molecule has 1 aliphatic rings. The number of amides is 1. The van der Waals surface area contributed by atoms with Crippen LogP contribution >= 0.6 is 0 Å². The van der Waals surface area contributed by atoms with E-state index < -0.39 is 0 Å². The summed E-state index contributed by atoms with van der Waals surface area (Å²) in [5, 5.41) is 11.5. The van der Waals surface area contributed by atoms with Gasteiger partial charge in [0.1, 0.15) is 0 Å². The Kier molecular flexibility index (Phi) is 3.20. The van der Waals surface area contributed by atoms with Crippen molar-refractivity contribution in [3.8, 4) is 0 Å². The molecule has 0 bridgehead atoms. The lowest BCUT2D eigenvalue weighted by Crippen LogP contribution is -2.26. The quantitative estimate of drug-likeness (QED) is 0.717. The zero-order valence-electron chi connectivity index (χ0n) is 14.1. The van der Waals surface area contributed by atoms with Crippen molar-refractivity contribution >= 4 is 22.6 Å². The van der Waals surface area contributed by atoms with Crippen molar-refractivity contribution in [2.75, 3.05) is 5.32 Å². The molecular formula is C19H20N4O. The molecule has 3 heterocycles. The Morgan fingerprint density at radius 3 is 2.75 bits per heavy atom. The third kappa shape index (κ3) is 2.28. The second kappa shape index (κ2) is 5.16. The highest BCUT2D eigenvalue weighted by Crippen LogP contribution is 2.43. The van der Waals surface area contributed by atoms with Gasteiger partial charge in [-0.05, 0) is 17.7 Å². The average molecular weight is 320 g/mol. The van der Waals surface area contributed by atoms with Crippen molar-refractivity contribution in [2.24, 2.45) is 0 Å². The molecule has 1 aromatic carbocycles. The first-order valence-electron chi connectivity index (χ1n) is 8.17. The summed E-state index contributed by atoms with van der Waals surface area (Å²) < 4.78 is 0. The molecular weight excluding hydrogens is 300 g/mol. The largest absolute Gasteiger partial charge is 0.309 e. The Morgan fingerprint density at radius 1 is 1.17 bits per heavy atom. The minimum atomic E-state index is -0.0796. The molecule has 0 fully saturated rings. The van der Waals surface area contributed by atoms with Gasteiger partial charge in [-0.25, -0.2) is 0 Å². The second-order valence-corrected chi connectivity index (χ2v) is 7.33. The molecule has 0 spiro atoms. The summed E-state index contributed by atoms with van der Waals surface area (Å²) in [6.45, 7) is 6.46. The van der Waals surface area contributed by atoms with E-state index in [1.54, 1.807) is 0 Å². The molecule has 4 rings (SSSR count). The van der Waals surface area contributed by atoms with Crippen molar-refractivity contribution in [2.45, 2.75) is 38.5 Å². The van der Waals surface area contributed by atoms with E-state index in [0.29, 0.717) is 12.2 Å². The lowest BCUT2D eigenvalue weighted by atomic mass is 9.79. The summed E-state index contributed by atoms with van der Waals surface area (Å²) in [7, 11) is 0. The molecule has 0 saturated heterocycles. The predicted octanol–water partition coefficient (Wildman–Crippen LogP) is 3.73. The molecule has 0 unspecified atom stereocenters. The summed E-state index contributed by atoms with van der Waals surface area (Å²) in [6, 6.07) is 10.1. The van der Waals surface area contributed by atoms with Gasteiger partial charge in [0.05, 0.1) is 5.52 Å². The minimum absolute atomic E-state index is 0.000326. The van der Waals surface area contributed by atoms with Crippen LogP contribution in [0.5, 0.6) is 0 Å². The van der Waals surface area contributed by atoms with Crippen molar-refractivity contribution in [1.82, 2.24) is 15.2 Å². The second-order valence-electron chi connectivity index (χ2n) is 7.33. The molecule has 2 N–H and O–H groups in total. The van der Waals surface area contributed by atoms with E-state index in [1.807, 2.05) is 30.5 Å². The van der Waals surface area contributed by atoms with E-state index in [9.17, 15) is 4.79 Å². The Hall–Kier alpha value is -2.69. The zero-order valence-corrected chi connectivity index (χ0v) is 14.1. The number of H-pyrrole nitrogens is 1. The summed E-state index contributed by atoms with van der Waals surface area (Å²) in [5.41, 5.74) is 4.16. The van der Waals surface area contributed by atoms with Crippen LogP contribution < -0.4 is 5.32 Å². The first-order valence-corrected chi connectivity index (χ1v) is 8.17. The molecule has 5 nitrogen and oxygen atoms in total. The fourth-order valence-electron chi connectivity index (χ4n) is 3.51. The van der Waals surface area contributed by atoms with Crippen LogP contribution in [0.3, 0.4) is 0 Å². The van der Waals surface area contributed by atoms with E-state index in [1.165, 1.54) is 0 Å². The highest BCUT2D eigenvalue weighted by molar-refractivity contribution is 5.96. The topological polar surface area (TPSA) is 70.7 Å². The number of hydrogen-bond acceptors (Lipinski definition) is 3. The zero-order chi connectivity index (χ0) is 16.9. The monoisotopic (exact) mass is 320 g/mol. The Bertz CT molecular complexity index is 931. The van der Waals surface area contributed by atoms with Gasteiger partial charge in [0.2, 0.25) is 5.91 Å². The molecule has 2 aromatic heterocycles. The van der Waals surface area contributed by atoms with Gasteiger partial charge >= 0.3 is 0 Å². The molecule has 122 valence electrons. The normalized spacial score (nSPS) is 17.6. The van der Waals surface area contributed by atoms with E-state index in [0.717, 1.165) is 27.7 Å². The van der Waals surface area contributed by atoms with Gasteiger partial charge in [-0.3, -0.25) is 14.9 Å². The van der Waals surface area contributed by atoms with Crippen molar-refractivity contribution in [1.29, 1.82) is 0 Å². The highest BCUT2D eigenvalue weighted by atomic mass is 16.1. The van der Waals surface area contributed by atoms with Crippen LogP contribution in [0.1, 0.15) is 49.9 Å². The molecule has 5 heteroatoms. The first-order chi connectivity index (χ1) is 11.4. The van der Waals surface area contributed by atoms with Gasteiger partial charge in [0, 0.05) is 40.6 Å². The van der Waals surface area contributed by atoms with Gasteiger partial charge in [-0.2, -0.15) is 5.10 Å². The number of pyridine rings is 1. The van der Waals surface area contributed by atoms with Crippen molar-refractivity contribution in [3.05, 3.63) is 53.3 Å². The number of aromatic nitrogens is 3. The summed E-state index contributed by atoms with van der Waals surface area (Å²) in [5.74, 6) is 0.636. The van der Waals surface area contributed by atoms with Crippen LogP contribution in [0.2, 0.25) is 0 Å². The molecule has 0 aliphatic carbocycles. The molecule has 1 aliphatic heterocycles. The predicted molar refractivity (Wildman–Crippen MR) is 94.1 cm³/mol. The SMILES string of the molecule is CC(C)(C)c1[nH]nc2c1[C@H](c1ccnc3ccccc13)CC(=O)N2. The fraction of sp³-hybridized carbons (Fsp3) is 0.316. The van der Waals surface area contributed by atoms with Crippen molar-refractivity contribution < 1.29 is 4.79 Å². The Morgan fingerprint density at radius 2 is 1.96 bits per heavy atom. The standard InChI is InChI=1S/C19H20N4O/c1-19(2,3)17-16-13(10-15(24)21-18(16)23-22-17)11-8-9-20-14-7-5-4-6-12(11)14/h4-9,13H,10H2,1-3H3,(H2,21,22,23,24)/t13-/m0/s1. The van der Waals surface area contributed by atoms with Crippen molar-refractivity contribution in [3.63, 3.8) is 0 Å². The number of benzene rings is 1. The number of fused-ring (bicyclic) bond motifs is 2. The number of rotatable bonds is 1. The highest BCUT2D eigenvalue weighted by Gasteiger charge is 2.35. The lowest BCUT2D eigenvalue weighted by molar-refractivity contribution is -0.116. The number of aromatic amines is 1. The summed E-state index contributed by atoms with van der Waals surface area (Å²) in [4.78, 5) is 16.7. The number of hydrogen-bond donors (Lipinski definition) is 2. The number of nitrogens with one attached hydrogen (secondary N) is 2.